The Morgan fingerprint density at radius 3 is 2.33 bits per heavy atom. The molecule has 1 aromatic heterocycles. The summed E-state index contributed by atoms with van der Waals surface area (Å²) >= 11 is 1.20. The molecular weight excluding hydrogens is 456 g/mol. The monoisotopic (exact) mass is 474 g/mol. The number of ether oxygens (including phenoxy) is 1. The molecule has 0 saturated heterocycles. The Labute approximate surface area is 190 Å². The topological polar surface area (TPSA) is 54.4 Å². The van der Waals surface area contributed by atoms with Crippen LogP contribution in [0.25, 0.3) is 21.3 Å². The highest BCUT2D eigenvalue weighted by atomic mass is 32.1. The maximum absolute atomic E-state index is 14.6. The van der Waals surface area contributed by atoms with Crippen molar-refractivity contribution in [1.29, 1.82) is 0 Å². The summed E-state index contributed by atoms with van der Waals surface area (Å²) in [5.41, 5.74) is 2.08. The third-order valence-corrected chi connectivity index (χ3v) is 6.65. The summed E-state index contributed by atoms with van der Waals surface area (Å²) in [6, 6.07) is 16.2. The van der Waals surface area contributed by atoms with E-state index >= 15 is 0 Å². The fourth-order valence-corrected chi connectivity index (χ4v) is 4.79. The van der Waals surface area contributed by atoms with E-state index in [0.29, 0.717) is 39.3 Å². The third kappa shape index (κ3) is 4.51. The molecule has 1 saturated carbocycles. The first-order chi connectivity index (χ1) is 15.7. The lowest BCUT2D eigenvalue weighted by molar-refractivity contribution is -0.274. The molecule has 0 amide bonds. The van der Waals surface area contributed by atoms with Gasteiger partial charge in [0.25, 0.3) is 0 Å². The summed E-state index contributed by atoms with van der Waals surface area (Å²) in [6.07, 6.45) is -2.71. The fraction of sp³-hybridized carbons (Fsp3) is 0.208. The minimum atomic E-state index is -4.75. The van der Waals surface area contributed by atoms with Crippen LogP contribution in [0.4, 0.5) is 28.4 Å². The van der Waals surface area contributed by atoms with E-state index in [1.165, 1.54) is 35.6 Å². The first-order valence-corrected chi connectivity index (χ1v) is 11.1. The molecule has 3 aromatic carbocycles. The molecule has 0 atom stereocenters. The minimum absolute atomic E-state index is 0.294. The standard InChI is InChI=1S/C24H18F4N2O2S/c25-19-12-15(4-8-18(19)23(31)10-1-11-23)14-2-5-16(6-3-14)29-22-30-20-9-7-17(13-21(20)33-22)32-24(26,27)28/h2-9,12-13,31H,1,10-11H2,(H,29,30). The number of aromatic nitrogens is 1. The van der Waals surface area contributed by atoms with Crippen LogP contribution in [0.5, 0.6) is 5.75 Å². The van der Waals surface area contributed by atoms with Crippen molar-refractivity contribution >= 4 is 32.4 Å². The van der Waals surface area contributed by atoms with Gasteiger partial charge in [0.15, 0.2) is 5.13 Å². The summed E-state index contributed by atoms with van der Waals surface area (Å²) < 4.78 is 56.4. The lowest BCUT2D eigenvalue weighted by atomic mass is 9.74. The van der Waals surface area contributed by atoms with E-state index in [0.717, 1.165) is 17.7 Å². The average molecular weight is 474 g/mol. The molecule has 4 nitrogen and oxygen atoms in total. The molecule has 0 spiro atoms. The van der Waals surface area contributed by atoms with Gasteiger partial charge >= 0.3 is 6.36 Å². The van der Waals surface area contributed by atoms with E-state index in [2.05, 4.69) is 15.0 Å². The molecular formula is C24H18F4N2O2S. The maximum atomic E-state index is 14.6. The number of alkyl halides is 3. The number of anilines is 2. The third-order valence-electron chi connectivity index (χ3n) is 5.71. The number of thiazole rings is 1. The van der Waals surface area contributed by atoms with E-state index < -0.39 is 17.8 Å². The van der Waals surface area contributed by atoms with Crippen molar-refractivity contribution in [3.05, 3.63) is 72.0 Å². The zero-order valence-corrected chi connectivity index (χ0v) is 17.9. The van der Waals surface area contributed by atoms with Crippen LogP contribution < -0.4 is 10.1 Å². The molecule has 2 N–H and O–H groups in total. The highest BCUT2D eigenvalue weighted by molar-refractivity contribution is 7.22. The van der Waals surface area contributed by atoms with Gasteiger partial charge < -0.3 is 15.2 Å². The molecule has 1 heterocycles. The Bertz CT molecular complexity index is 1310. The molecule has 33 heavy (non-hydrogen) atoms. The van der Waals surface area contributed by atoms with Gasteiger partial charge in [-0.05, 0) is 60.7 Å². The second-order valence-electron chi connectivity index (χ2n) is 7.98. The van der Waals surface area contributed by atoms with Crippen molar-refractivity contribution in [2.75, 3.05) is 5.32 Å². The predicted octanol–water partition coefficient (Wildman–Crippen LogP) is 7.12. The molecule has 0 unspecified atom stereocenters. The van der Waals surface area contributed by atoms with Gasteiger partial charge in [0.05, 0.1) is 15.8 Å². The predicted molar refractivity (Wildman–Crippen MR) is 119 cm³/mol. The zero-order chi connectivity index (χ0) is 23.2. The molecule has 1 aliphatic carbocycles. The fourth-order valence-electron chi connectivity index (χ4n) is 3.88. The second kappa shape index (κ2) is 8.00. The highest BCUT2D eigenvalue weighted by Gasteiger charge is 2.38. The maximum Gasteiger partial charge on any atom is 0.573 e. The Morgan fingerprint density at radius 1 is 0.970 bits per heavy atom. The van der Waals surface area contributed by atoms with Crippen molar-refractivity contribution in [3.63, 3.8) is 0 Å². The van der Waals surface area contributed by atoms with Crippen molar-refractivity contribution in [2.24, 2.45) is 0 Å². The molecule has 1 aliphatic rings. The van der Waals surface area contributed by atoms with Gasteiger partial charge in [-0.25, -0.2) is 9.37 Å². The van der Waals surface area contributed by atoms with Crippen molar-refractivity contribution in [3.8, 4) is 16.9 Å². The van der Waals surface area contributed by atoms with Gasteiger partial charge in [0.1, 0.15) is 11.6 Å². The van der Waals surface area contributed by atoms with Gasteiger partial charge in [-0.2, -0.15) is 0 Å². The van der Waals surface area contributed by atoms with E-state index in [4.69, 9.17) is 0 Å². The zero-order valence-electron chi connectivity index (χ0n) is 17.1. The van der Waals surface area contributed by atoms with Gasteiger partial charge in [-0.15, -0.1) is 13.2 Å². The van der Waals surface area contributed by atoms with Crippen LogP contribution in [-0.2, 0) is 5.60 Å². The van der Waals surface area contributed by atoms with Crippen LogP contribution in [0, 0.1) is 5.82 Å². The number of hydrogen-bond donors (Lipinski definition) is 2. The summed E-state index contributed by atoms with van der Waals surface area (Å²) in [4.78, 5) is 4.38. The molecule has 0 radical (unpaired) electrons. The largest absolute Gasteiger partial charge is 0.573 e. The quantitative estimate of drug-likeness (QED) is 0.303. The number of hydrogen-bond acceptors (Lipinski definition) is 5. The van der Waals surface area contributed by atoms with Crippen molar-refractivity contribution < 1.29 is 27.4 Å². The Balaban J connectivity index is 1.32. The lowest BCUT2D eigenvalue weighted by Crippen LogP contribution is -2.34. The highest BCUT2D eigenvalue weighted by Crippen LogP contribution is 2.42. The number of rotatable bonds is 5. The molecule has 5 rings (SSSR count). The SMILES string of the molecule is OC1(c2ccc(-c3ccc(Nc4nc5ccc(OC(F)(F)F)cc5s4)cc3)cc2F)CCC1. The molecule has 0 bridgehead atoms. The van der Waals surface area contributed by atoms with Crippen molar-refractivity contribution in [2.45, 2.75) is 31.2 Å². The average Bonchev–Trinajstić information content (AvgIpc) is 3.13. The summed E-state index contributed by atoms with van der Waals surface area (Å²) in [5.74, 6) is -0.711. The molecule has 170 valence electrons. The number of nitrogens with zero attached hydrogens (tertiary/aromatic N) is 1. The number of fused-ring (bicyclic) bond motifs is 1. The molecule has 4 aromatic rings. The first-order valence-electron chi connectivity index (χ1n) is 10.2. The first kappa shape index (κ1) is 21.7. The molecule has 1 fully saturated rings. The van der Waals surface area contributed by atoms with Gasteiger partial charge in [-0.3, -0.25) is 0 Å². The molecule has 9 heteroatoms. The summed E-state index contributed by atoms with van der Waals surface area (Å²) in [6.45, 7) is 0. The van der Waals surface area contributed by atoms with Crippen LogP contribution in [0.2, 0.25) is 0 Å². The van der Waals surface area contributed by atoms with Crippen molar-refractivity contribution in [1.82, 2.24) is 4.98 Å². The van der Waals surface area contributed by atoms with Crippen LogP contribution in [-0.4, -0.2) is 16.5 Å². The minimum Gasteiger partial charge on any atom is -0.406 e. The van der Waals surface area contributed by atoms with Gasteiger partial charge in [0, 0.05) is 17.3 Å². The van der Waals surface area contributed by atoms with Crippen LogP contribution in [0.3, 0.4) is 0 Å². The number of nitrogens with one attached hydrogen (secondary N) is 1. The number of aliphatic hydroxyl groups is 1. The number of halogens is 4. The second-order valence-corrected chi connectivity index (χ2v) is 9.01. The smallest absolute Gasteiger partial charge is 0.406 e. The van der Waals surface area contributed by atoms with Gasteiger partial charge in [0.2, 0.25) is 0 Å². The van der Waals surface area contributed by atoms with E-state index in [-0.39, 0.29) is 5.75 Å². The Kier molecular flexibility index (Phi) is 5.25. The van der Waals surface area contributed by atoms with E-state index in [1.807, 2.05) is 24.3 Å². The van der Waals surface area contributed by atoms with Crippen LogP contribution in [0.1, 0.15) is 24.8 Å². The van der Waals surface area contributed by atoms with E-state index in [1.54, 1.807) is 12.1 Å². The molecule has 0 aliphatic heterocycles. The summed E-state index contributed by atoms with van der Waals surface area (Å²) in [5, 5.41) is 14.1. The lowest BCUT2D eigenvalue weighted by Gasteiger charge is -2.37. The Hall–Kier alpha value is -3.17. The number of benzene rings is 3. The van der Waals surface area contributed by atoms with Crippen LogP contribution >= 0.6 is 11.3 Å². The summed E-state index contributed by atoms with van der Waals surface area (Å²) in [7, 11) is 0. The normalized spacial score (nSPS) is 15.3. The van der Waals surface area contributed by atoms with E-state index in [9.17, 15) is 22.7 Å². The Morgan fingerprint density at radius 2 is 1.70 bits per heavy atom. The van der Waals surface area contributed by atoms with Crippen LogP contribution in [0.15, 0.2) is 60.7 Å². The van der Waals surface area contributed by atoms with Gasteiger partial charge in [-0.1, -0.05) is 35.6 Å².